The van der Waals surface area contributed by atoms with Crippen LogP contribution in [0.2, 0.25) is 0 Å². The van der Waals surface area contributed by atoms with Crippen LogP contribution in [-0.2, 0) is 28.2 Å². The quantitative estimate of drug-likeness (QED) is 0.121. The normalized spacial score (nSPS) is 11.4. The van der Waals surface area contributed by atoms with Gasteiger partial charge in [0, 0.05) is 88.5 Å². The third-order valence-electron chi connectivity index (χ3n) is 21.8. The fraction of sp³-hybridized carbons (Fsp3) is 0.250. The highest BCUT2D eigenvalue weighted by Crippen LogP contribution is 2.40. The highest BCUT2D eigenvalue weighted by molar-refractivity contribution is 5.86. The summed E-state index contributed by atoms with van der Waals surface area (Å²) in [5.74, 6) is 5.96. The smallest absolute Gasteiger partial charge is 0.264 e. The molecule has 0 aliphatic carbocycles. The first-order valence-electron chi connectivity index (χ1n) is 37.9. The van der Waals surface area contributed by atoms with Gasteiger partial charge in [-0.2, -0.15) is 18.3 Å². The van der Waals surface area contributed by atoms with E-state index < -0.39 is 0 Å². The Balaban J connectivity index is 0.000000127. The van der Waals surface area contributed by atoms with Crippen molar-refractivity contribution in [1.29, 1.82) is 0 Å². The SMILES string of the molecule is Cc1ccncc1-c1n(-c2c(C(C)C)cccc2C(C)C)c2cccc(C)c2[n+]1C.Cc1ccncc1-c1n(-c2c(C)cccc2C)c2cccc(C)c2[n+]1C.Cc1ccncc1-c1n(-c2ccccc2C(C)C)c2cccc(C)c2[n+]1C.Cc1ccncc1-c1n(-c2ccccc2C)c2cccc(C)c2[n+]1C. The maximum absolute atomic E-state index is 4.48. The lowest BCUT2D eigenvalue weighted by atomic mass is 9.92. The second-order valence-electron chi connectivity index (χ2n) is 30.2. The van der Waals surface area contributed by atoms with Crippen LogP contribution in [0.15, 0.2) is 232 Å². The molecular weight excluding hydrogens is 1320 g/mol. The van der Waals surface area contributed by atoms with Crippen LogP contribution < -0.4 is 18.3 Å². The second kappa shape index (κ2) is 31.0. The maximum Gasteiger partial charge on any atom is 0.296 e. The molecule has 0 saturated carbocycles. The molecule has 0 atom stereocenters. The summed E-state index contributed by atoms with van der Waals surface area (Å²) < 4.78 is 18.9. The molecule has 16 rings (SSSR count). The van der Waals surface area contributed by atoms with Crippen molar-refractivity contribution in [2.75, 3.05) is 0 Å². The molecule has 12 nitrogen and oxygen atoms in total. The van der Waals surface area contributed by atoms with Crippen LogP contribution in [0.25, 0.3) is 112 Å². The Morgan fingerprint density at radius 2 is 0.500 bits per heavy atom. The molecule has 0 bridgehead atoms. The van der Waals surface area contributed by atoms with E-state index in [0.717, 1.165) is 34.2 Å². The number of benzene rings is 8. The number of pyridine rings is 4. The van der Waals surface area contributed by atoms with E-state index in [-0.39, 0.29) is 0 Å². The lowest BCUT2D eigenvalue weighted by Crippen LogP contribution is -2.31. The highest BCUT2D eigenvalue weighted by atomic mass is 15.2. The van der Waals surface area contributed by atoms with E-state index in [2.05, 4.69) is 384 Å². The number of aromatic nitrogens is 12. The van der Waals surface area contributed by atoms with E-state index in [0.29, 0.717) is 17.8 Å². The molecule has 0 saturated heterocycles. The van der Waals surface area contributed by atoms with E-state index in [9.17, 15) is 0 Å². The molecule has 0 amide bonds. The summed E-state index contributed by atoms with van der Waals surface area (Å²) in [6, 6.07) is 65.1. The van der Waals surface area contributed by atoms with Gasteiger partial charge in [0.05, 0.1) is 50.4 Å². The summed E-state index contributed by atoms with van der Waals surface area (Å²) in [7, 11) is 8.64. The van der Waals surface area contributed by atoms with Crippen molar-refractivity contribution in [3.63, 3.8) is 0 Å². The second-order valence-corrected chi connectivity index (χ2v) is 30.2. The van der Waals surface area contributed by atoms with Crippen LogP contribution in [-0.4, -0.2) is 38.2 Å². The lowest BCUT2D eigenvalue weighted by Gasteiger charge is -2.18. The molecule has 0 aliphatic rings. The van der Waals surface area contributed by atoms with Crippen LogP contribution in [0, 0.1) is 76.2 Å². The number of hydrogen-bond donors (Lipinski definition) is 0. The van der Waals surface area contributed by atoms with E-state index in [1.807, 2.05) is 49.6 Å². The van der Waals surface area contributed by atoms with Gasteiger partial charge in [-0.05, 0) is 194 Å². The summed E-state index contributed by atoms with van der Waals surface area (Å²) in [6.45, 7) is 37.5. The van der Waals surface area contributed by atoms with E-state index in [4.69, 9.17) is 0 Å². The Labute approximate surface area is 638 Å². The van der Waals surface area contributed by atoms with Gasteiger partial charge >= 0.3 is 0 Å². The minimum Gasteiger partial charge on any atom is -0.264 e. The average molecular weight is 1430 g/mol. The molecule has 16 aromatic rings. The molecule has 108 heavy (non-hydrogen) atoms. The summed E-state index contributed by atoms with van der Waals surface area (Å²) in [5.41, 5.74) is 37.5. The van der Waals surface area contributed by atoms with Gasteiger partial charge < -0.3 is 0 Å². The number of imidazole rings is 4. The molecule has 8 aromatic carbocycles. The van der Waals surface area contributed by atoms with Gasteiger partial charge in [-0.1, -0.05) is 163 Å². The lowest BCUT2D eigenvalue weighted by molar-refractivity contribution is -0.634. The number of para-hydroxylation sites is 8. The van der Waals surface area contributed by atoms with Gasteiger partial charge in [0.2, 0.25) is 0 Å². The van der Waals surface area contributed by atoms with E-state index in [1.54, 1.807) is 0 Å². The maximum atomic E-state index is 4.48. The first-order valence-corrected chi connectivity index (χ1v) is 37.9. The fourth-order valence-electron chi connectivity index (χ4n) is 16.4. The van der Waals surface area contributed by atoms with Gasteiger partial charge in [0.1, 0.15) is 22.7 Å². The van der Waals surface area contributed by atoms with Gasteiger partial charge in [-0.15, -0.1) is 0 Å². The number of rotatable bonds is 11. The standard InChI is InChI=1S/C27H32N3.C24H26N3.C23H24N3.C22H22N3/c1-17(2)21-11-9-12-22(18(3)4)26(21)30-24-13-8-10-20(6)25(24)29(7)27(30)23-16-28-15-14-19(23)5;1-16(2)19-10-6-7-11-21(19)27-22-12-8-9-18(4)23(22)26(5)24(27)20-15-25-14-13-17(20)3;1-15-12-13-24-14-19(15)23-25(5)22-18(4)10-7-11-20(22)26(23)21-16(2)8-6-9-17(21)3;1-15-12-13-23-14-18(15)22-24(4)21-17(3)9-7-11-20(21)25(22)19-10-6-5-8-16(19)2/h8-18H,1-7H3;6-16H,1-5H3;6-14H,1-5H3;5-14H,1-4H3/q4*+1. The molecule has 544 valence electrons. The van der Waals surface area contributed by atoms with Crippen molar-refractivity contribution in [3.05, 3.63) is 309 Å². The average Bonchev–Trinajstić information content (AvgIpc) is 1.65. The van der Waals surface area contributed by atoms with E-state index in [1.165, 1.54) is 156 Å². The summed E-state index contributed by atoms with van der Waals surface area (Å²) in [5, 5.41) is 0. The Hall–Kier alpha value is -11.8. The zero-order chi connectivity index (χ0) is 76.7. The van der Waals surface area contributed by atoms with Crippen molar-refractivity contribution < 1.29 is 18.3 Å². The Morgan fingerprint density at radius 3 is 0.843 bits per heavy atom. The van der Waals surface area contributed by atoms with Crippen molar-refractivity contribution in [3.8, 4) is 68.3 Å². The Morgan fingerprint density at radius 1 is 0.241 bits per heavy atom. The third-order valence-corrected chi connectivity index (χ3v) is 21.8. The molecule has 0 aliphatic heterocycles. The van der Waals surface area contributed by atoms with Crippen LogP contribution in [0.5, 0.6) is 0 Å². The monoisotopic (exact) mass is 1420 g/mol. The number of nitrogens with zero attached hydrogens (tertiary/aromatic N) is 12. The topological polar surface area (TPSA) is 86.8 Å². The van der Waals surface area contributed by atoms with Crippen molar-refractivity contribution in [2.45, 2.75) is 135 Å². The van der Waals surface area contributed by atoms with Crippen LogP contribution in [0.3, 0.4) is 0 Å². The van der Waals surface area contributed by atoms with Gasteiger partial charge in [-0.25, -0.2) is 18.3 Å². The Kier molecular flexibility index (Phi) is 21.4. The predicted molar refractivity (Wildman–Crippen MR) is 445 cm³/mol. The predicted octanol–water partition coefficient (Wildman–Crippen LogP) is 20.8. The number of fused-ring (bicyclic) bond motifs is 4. The number of aryl methyl sites for hydroxylation is 15. The van der Waals surface area contributed by atoms with Crippen LogP contribution >= 0.6 is 0 Å². The fourth-order valence-corrected chi connectivity index (χ4v) is 16.4. The zero-order valence-corrected chi connectivity index (χ0v) is 67.0. The van der Waals surface area contributed by atoms with E-state index >= 15 is 0 Å². The molecule has 12 heteroatoms. The van der Waals surface area contributed by atoms with Crippen molar-refractivity contribution in [2.24, 2.45) is 28.2 Å². The van der Waals surface area contributed by atoms with Crippen LogP contribution in [0.4, 0.5) is 0 Å². The molecule has 0 radical (unpaired) electrons. The Bertz CT molecular complexity index is 6020. The van der Waals surface area contributed by atoms with Gasteiger partial charge in [-0.3, -0.25) is 19.9 Å². The molecule has 8 aromatic heterocycles. The largest absolute Gasteiger partial charge is 0.296 e. The first-order chi connectivity index (χ1) is 51.9. The zero-order valence-electron chi connectivity index (χ0n) is 67.0. The minimum absolute atomic E-state index is 0.425. The van der Waals surface area contributed by atoms with Crippen molar-refractivity contribution >= 4 is 44.1 Å². The molecule has 8 heterocycles. The van der Waals surface area contributed by atoms with Crippen molar-refractivity contribution in [1.82, 2.24) is 38.2 Å². The summed E-state index contributed by atoms with van der Waals surface area (Å²) in [4.78, 5) is 17.7. The van der Waals surface area contributed by atoms with Crippen LogP contribution in [0.1, 0.15) is 137 Å². The number of hydrogen-bond acceptors (Lipinski definition) is 4. The first kappa shape index (κ1) is 74.5. The molecule has 0 fully saturated rings. The minimum atomic E-state index is 0.425. The van der Waals surface area contributed by atoms with Gasteiger partial charge in [0.15, 0.2) is 44.1 Å². The third kappa shape index (κ3) is 13.5. The summed E-state index contributed by atoms with van der Waals surface area (Å²) in [6.07, 6.45) is 15.4. The molecule has 0 N–H and O–H groups in total. The molecule has 0 spiro atoms. The summed E-state index contributed by atoms with van der Waals surface area (Å²) >= 11 is 0. The molecule has 0 unspecified atom stereocenters. The molecular formula is C96H104N12+4. The highest BCUT2D eigenvalue weighted by Gasteiger charge is 2.35. The van der Waals surface area contributed by atoms with Gasteiger partial charge in [0.25, 0.3) is 23.3 Å².